The summed E-state index contributed by atoms with van der Waals surface area (Å²) in [5.74, 6) is 1.37. The van der Waals surface area contributed by atoms with Gasteiger partial charge in [0.15, 0.2) is 0 Å². The molecule has 0 aromatic carbocycles. The minimum absolute atomic E-state index is 0.00556. The molecule has 0 aliphatic heterocycles. The van der Waals surface area contributed by atoms with Crippen LogP contribution in [-0.4, -0.2) is 13.1 Å². The molecule has 0 saturated heterocycles. The van der Waals surface area contributed by atoms with Crippen LogP contribution in [0.5, 0.6) is 0 Å². The molecule has 0 radical (unpaired) electrons. The summed E-state index contributed by atoms with van der Waals surface area (Å²) in [5, 5.41) is 0. The van der Waals surface area contributed by atoms with E-state index in [1.807, 2.05) is 0 Å². The van der Waals surface area contributed by atoms with Crippen molar-refractivity contribution in [2.24, 2.45) is 17.8 Å². The fraction of sp³-hybridized carbons (Fsp3) is 0.909. The normalized spacial score (nSPS) is 31.5. The Kier molecular flexibility index (Phi) is 3.76. The van der Waals surface area contributed by atoms with Crippen LogP contribution in [0, 0.1) is 17.8 Å². The molecule has 2 nitrogen and oxygen atoms in total. The van der Waals surface area contributed by atoms with E-state index in [2.05, 4.69) is 13.8 Å². The van der Waals surface area contributed by atoms with Gasteiger partial charge in [-0.15, -0.1) is 0 Å². The fourth-order valence-electron chi connectivity index (χ4n) is 2.14. The molecular formula is C11H20O2. The molecule has 1 fully saturated rings. The Morgan fingerprint density at radius 1 is 1.38 bits per heavy atom. The lowest BCUT2D eigenvalue weighted by molar-refractivity contribution is -0.142. The number of methoxy groups -OCH3 is 1. The first-order valence-corrected chi connectivity index (χ1v) is 5.30. The molecule has 1 saturated carbocycles. The van der Waals surface area contributed by atoms with Gasteiger partial charge in [-0.1, -0.05) is 33.1 Å². The summed E-state index contributed by atoms with van der Waals surface area (Å²) < 4.78 is 4.74. The molecule has 2 heteroatoms. The van der Waals surface area contributed by atoms with Crippen molar-refractivity contribution >= 4 is 5.97 Å². The molecular weight excluding hydrogens is 164 g/mol. The molecule has 0 unspecified atom stereocenters. The molecule has 1 aliphatic carbocycles. The van der Waals surface area contributed by atoms with Crippen LogP contribution in [0.25, 0.3) is 0 Å². The third kappa shape index (κ3) is 2.45. The average Bonchev–Trinajstić information content (AvgIpc) is 2.76. The summed E-state index contributed by atoms with van der Waals surface area (Å²) in [6.07, 6.45) is 5.01. The zero-order valence-electron chi connectivity index (χ0n) is 8.88. The van der Waals surface area contributed by atoms with Gasteiger partial charge in [0.25, 0.3) is 0 Å². The SMILES string of the molecule is CCCCC[C@H]1[C@@H](C)[C@@H]1C(=O)OC. The van der Waals surface area contributed by atoms with Crippen LogP contribution >= 0.6 is 0 Å². The summed E-state index contributed by atoms with van der Waals surface area (Å²) >= 11 is 0. The molecule has 0 amide bonds. The van der Waals surface area contributed by atoms with E-state index < -0.39 is 0 Å². The van der Waals surface area contributed by atoms with Crippen LogP contribution in [0.3, 0.4) is 0 Å². The van der Waals surface area contributed by atoms with Gasteiger partial charge in [0.2, 0.25) is 0 Å². The number of hydrogen-bond acceptors (Lipinski definition) is 2. The number of carbonyl (C=O) groups is 1. The summed E-state index contributed by atoms with van der Waals surface area (Å²) in [7, 11) is 1.48. The third-order valence-corrected chi connectivity index (χ3v) is 3.18. The van der Waals surface area contributed by atoms with Gasteiger partial charge in [0.05, 0.1) is 13.0 Å². The molecule has 0 N–H and O–H groups in total. The first kappa shape index (κ1) is 10.6. The van der Waals surface area contributed by atoms with E-state index in [0.717, 1.165) is 0 Å². The smallest absolute Gasteiger partial charge is 0.309 e. The lowest BCUT2D eigenvalue weighted by atomic mass is 10.1. The number of rotatable bonds is 5. The number of carbonyl (C=O) groups excluding carboxylic acids is 1. The van der Waals surface area contributed by atoms with Gasteiger partial charge in [-0.3, -0.25) is 4.79 Å². The molecule has 0 bridgehead atoms. The Labute approximate surface area is 80.7 Å². The van der Waals surface area contributed by atoms with Crippen molar-refractivity contribution in [2.75, 3.05) is 7.11 Å². The number of hydrogen-bond donors (Lipinski definition) is 0. The van der Waals surface area contributed by atoms with Crippen LogP contribution in [0.1, 0.15) is 39.5 Å². The molecule has 0 aromatic heterocycles. The lowest BCUT2D eigenvalue weighted by Gasteiger charge is -1.97. The average molecular weight is 184 g/mol. The van der Waals surface area contributed by atoms with Crippen molar-refractivity contribution < 1.29 is 9.53 Å². The zero-order valence-corrected chi connectivity index (χ0v) is 8.88. The van der Waals surface area contributed by atoms with Gasteiger partial charge in [-0.25, -0.2) is 0 Å². The standard InChI is InChI=1S/C11H20O2/c1-4-5-6-7-9-8(2)10(9)11(12)13-3/h8-10H,4-7H2,1-3H3/t8-,9+,10+/m1/s1. The van der Waals surface area contributed by atoms with E-state index in [0.29, 0.717) is 11.8 Å². The lowest BCUT2D eigenvalue weighted by Crippen LogP contribution is -2.05. The first-order chi connectivity index (χ1) is 6.22. The second-order valence-corrected chi connectivity index (χ2v) is 4.07. The monoisotopic (exact) mass is 184 g/mol. The van der Waals surface area contributed by atoms with Gasteiger partial charge in [0.1, 0.15) is 0 Å². The Bertz CT molecular complexity index is 177. The Morgan fingerprint density at radius 2 is 2.08 bits per heavy atom. The van der Waals surface area contributed by atoms with E-state index >= 15 is 0 Å². The van der Waals surface area contributed by atoms with Crippen molar-refractivity contribution in [3.63, 3.8) is 0 Å². The van der Waals surface area contributed by atoms with E-state index in [1.165, 1.54) is 32.8 Å². The van der Waals surface area contributed by atoms with Gasteiger partial charge >= 0.3 is 5.97 Å². The maximum atomic E-state index is 11.2. The maximum Gasteiger partial charge on any atom is 0.309 e. The molecule has 0 heterocycles. The highest BCUT2D eigenvalue weighted by molar-refractivity contribution is 5.76. The quantitative estimate of drug-likeness (QED) is 0.485. The van der Waals surface area contributed by atoms with E-state index in [4.69, 9.17) is 4.74 Å². The number of ether oxygens (including phenoxy) is 1. The Hall–Kier alpha value is -0.530. The van der Waals surface area contributed by atoms with Gasteiger partial charge in [0, 0.05) is 0 Å². The highest BCUT2D eigenvalue weighted by Crippen LogP contribution is 2.49. The zero-order chi connectivity index (χ0) is 9.84. The third-order valence-electron chi connectivity index (χ3n) is 3.18. The largest absolute Gasteiger partial charge is 0.469 e. The van der Waals surface area contributed by atoms with Gasteiger partial charge < -0.3 is 4.74 Å². The topological polar surface area (TPSA) is 26.3 Å². The molecule has 3 atom stereocenters. The van der Waals surface area contributed by atoms with Gasteiger partial charge in [-0.2, -0.15) is 0 Å². The fourth-order valence-corrected chi connectivity index (χ4v) is 2.14. The molecule has 1 aliphatic rings. The summed E-state index contributed by atoms with van der Waals surface area (Å²) in [4.78, 5) is 11.2. The maximum absolute atomic E-state index is 11.2. The Balaban J connectivity index is 2.20. The summed E-state index contributed by atoms with van der Waals surface area (Å²) in [5.41, 5.74) is 0. The van der Waals surface area contributed by atoms with E-state index in [-0.39, 0.29) is 11.9 Å². The van der Waals surface area contributed by atoms with Crippen molar-refractivity contribution in [3.8, 4) is 0 Å². The van der Waals surface area contributed by atoms with Crippen molar-refractivity contribution in [3.05, 3.63) is 0 Å². The Morgan fingerprint density at radius 3 is 2.62 bits per heavy atom. The minimum Gasteiger partial charge on any atom is -0.469 e. The number of esters is 1. The van der Waals surface area contributed by atoms with Crippen LogP contribution in [0.2, 0.25) is 0 Å². The van der Waals surface area contributed by atoms with Crippen LogP contribution in [0.4, 0.5) is 0 Å². The number of unbranched alkanes of at least 4 members (excludes halogenated alkanes) is 2. The predicted octanol–water partition coefficient (Wildman–Crippen LogP) is 2.62. The molecule has 1 rings (SSSR count). The summed E-state index contributed by atoms with van der Waals surface area (Å²) in [6.45, 7) is 4.35. The second kappa shape index (κ2) is 4.64. The first-order valence-electron chi connectivity index (χ1n) is 5.30. The van der Waals surface area contributed by atoms with Crippen molar-refractivity contribution in [1.82, 2.24) is 0 Å². The minimum atomic E-state index is -0.00556. The highest BCUT2D eigenvalue weighted by Gasteiger charge is 2.51. The molecule has 76 valence electrons. The van der Waals surface area contributed by atoms with Crippen LogP contribution < -0.4 is 0 Å². The molecule has 0 spiro atoms. The predicted molar refractivity (Wildman–Crippen MR) is 52.3 cm³/mol. The van der Waals surface area contributed by atoms with Crippen LogP contribution in [-0.2, 0) is 9.53 Å². The molecule has 0 aromatic rings. The molecule has 13 heavy (non-hydrogen) atoms. The second-order valence-electron chi connectivity index (χ2n) is 4.07. The summed E-state index contributed by atoms with van der Waals surface area (Å²) in [6, 6.07) is 0. The van der Waals surface area contributed by atoms with Gasteiger partial charge in [-0.05, 0) is 18.3 Å². The van der Waals surface area contributed by atoms with E-state index in [9.17, 15) is 4.79 Å². The van der Waals surface area contributed by atoms with Crippen molar-refractivity contribution in [2.45, 2.75) is 39.5 Å². The van der Waals surface area contributed by atoms with Crippen LogP contribution in [0.15, 0.2) is 0 Å². The highest BCUT2D eigenvalue weighted by atomic mass is 16.5. The van der Waals surface area contributed by atoms with E-state index in [1.54, 1.807) is 0 Å². The van der Waals surface area contributed by atoms with Crippen molar-refractivity contribution in [1.29, 1.82) is 0 Å².